The lowest BCUT2D eigenvalue weighted by atomic mass is 10.3. The molecular formula is C9H10F2NO4-. The first-order valence-electron chi connectivity index (χ1n) is 4.24. The van der Waals surface area contributed by atoms with E-state index in [0.717, 1.165) is 6.07 Å². The summed E-state index contributed by atoms with van der Waals surface area (Å²) in [5, 5.41) is 18.9. The van der Waals surface area contributed by atoms with Crippen LogP contribution in [0.1, 0.15) is 6.92 Å². The molecule has 0 saturated heterocycles. The van der Waals surface area contributed by atoms with Gasteiger partial charge in [0.1, 0.15) is 11.5 Å². The Hall–Kier alpha value is -1.60. The first-order valence-corrected chi connectivity index (χ1v) is 4.24. The molecule has 0 amide bonds. The summed E-state index contributed by atoms with van der Waals surface area (Å²) in [4.78, 5) is 0. The predicted molar refractivity (Wildman–Crippen MR) is 51.9 cm³/mol. The van der Waals surface area contributed by atoms with Crippen molar-refractivity contribution >= 4 is 5.69 Å². The summed E-state index contributed by atoms with van der Waals surface area (Å²) in [6.07, 6.45) is -3.37. The molecule has 0 aliphatic carbocycles. The van der Waals surface area contributed by atoms with Gasteiger partial charge in [-0.05, 0) is 12.1 Å². The second kappa shape index (κ2) is 4.50. The van der Waals surface area contributed by atoms with Crippen molar-refractivity contribution in [2.24, 2.45) is 0 Å². The number of benzene rings is 1. The van der Waals surface area contributed by atoms with Crippen LogP contribution in [0, 0.1) is 5.21 Å². The fraction of sp³-hybridized carbons (Fsp3) is 0.333. The Morgan fingerprint density at radius 1 is 1.44 bits per heavy atom. The topological polar surface area (TPSA) is 65.0 Å². The van der Waals surface area contributed by atoms with Crippen LogP contribution in [0.3, 0.4) is 0 Å². The molecule has 1 rings (SSSR count). The smallest absolute Gasteiger partial charge is 0.394 e. The van der Waals surface area contributed by atoms with Crippen molar-refractivity contribution in [1.82, 2.24) is 0 Å². The Morgan fingerprint density at radius 3 is 2.50 bits per heavy atom. The summed E-state index contributed by atoms with van der Waals surface area (Å²) >= 11 is 0. The number of hydrogen-bond acceptors (Lipinski definition) is 5. The first-order chi connectivity index (χ1) is 7.33. The standard InChI is InChI=1S/C9H10F2NO4/c1-9(10,11)16-6-3-4-8(15-2)7(5-6)12(13)14/h3-5,13H,1-2H3/q-1. The molecule has 7 heteroatoms. The molecule has 90 valence electrons. The Bertz CT molecular complexity index is 365. The molecule has 0 fully saturated rings. The zero-order valence-electron chi connectivity index (χ0n) is 8.61. The van der Waals surface area contributed by atoms with Gasteiger partial charge in [-0.15, -0.1) is 0 Å². The number of hydrogen-bond donors (Lipinski definition) is 1. The number of nitrogens with zero attached hydrogens (tertiary/aromatic N) is 1. The summed E-state index contributed by atoms with van der Waals surface area (Å²) in [5.41, 5.74) is -0.316. The van der Waals surface area contributed by atoms with Crippen LogP contribution in [0.4, 0.5) is 14.5 Å². The normalized spacial score (nSPS) is 11.1. The van der Waals surface area contributed by atoms with Gasteiger partial charge >= 0.3 is 6.11 Å². The van der Waals surface area contributed by atoms with Gasteiger partial charge in [0.2, 0.25) is 0 Å². The zero-order chi connectivity index (χ0) is 12.3. The lowest BCUT2D eigenvalue weighted by Crippen LogP contribution is -2.19. The van der Waals surface area contributed by atoms with E-state index in [1.807, 2.05) is 0 Å². The summed E-state index contributed by atoms with van der Waals surface area (Å²) in [7, 11) is 1.28. The number of halogens is 2. The highest BCUT2D eigenvalue weighted by Crippen LogP contribution is 2.32. The number of methoxy groups -OCH3 is 1. The highest BCUT2D eigenvalue weighted by Gasteiger charge is 2.23. The van der Waals surface area contributed by atoms with Crippen LogP contribution in [0.2, 0.25) is 0 Å². The average Bonchev–Trinajstić information content (AvgIpc) is 2.15. The summed E-state index contributed by atoms with van der Waals surface area (Å²) in [6.45, 7) is 0.560. The minimum atomic E-state index is -3.37. The summed E-state index contributed by atoms with van der Waals surface area (Å²) < 4.78 is 34.0. The van der Waals surface area contributed by atoms with Gasteiger partial charge in [-0.2, -0.15) is 8.78 Å². The Labute approximate surface area is 90.3 Å². The molecule has 1 aromatic rings. The zero-order valence-corrected chi connectivity index (χ0v) is 8.61. The molecule has 0 spiro atoms. The lowest BCUT2D eigenvalue weighted by molar-refractivity contribution is -0.158. The third-order valence-corrected chi connectivity index (χ3v) is 1.65. The van der Waals surface area contributed by atoms with Crippen molar-refractivity contribution in [2.45, 2.75) is 13.0 Å². The van der Waals surface area contributed by atoms with E-state index in [1.54, 1.807) is 0 Å². The van der Waals surface area contributed by atoms with Crippen LogP contribution < -0.4 is 14.7 Å². The molecule has 0 aliphatic heterocycles. The van der Waals surface area contributed by atoms with Gasteiger partial charge in [-0.25, -0.2) is 0 Å². The maximum Gasteiger partial charge on any atom is 0.394 e. The van der Waals surface area contributed by atoms with E-state index < -0.39 is 11.3 Å². The largest absolute Gasteiger partial charge is 0.733 e. The van der Waals surface area contributed by atoms with Crippen molar-refractivity contribution < 1.29 is 23.5 Å². The molecular weight excluding hydrogens is 224 g/mol. The van der Waals surface area contributed by atoms with Gasteiger partial charge in [0, 0.05) is 13.0 Å². The minimum absolute atomic E-state index is 0.0456. The van der Waals surface area contributed by atoms with E-state index in [4.69, 9.17) is 9.94 Å². The van der Waals surface area contributed by atoms with Crippen molar-refractivity contribution in [3.63, 3.8) is 0 Å². The SMILES string of the molecule is COc1ccc(OC(C)(F)F)cc1N([O-])O. The van der Waals surface area contributed by atoms with E-state index in [2.05, 4.69) is 4.74 Å². The quantitative estimate of drug-likeness (QED) is 0.810. The predicted octanol–water partition coefficient (Wildman–Crippen LogP) is 2.38. The monoisotopic (exact) mass is 234 g/mol. The van der Waals surface area contributed by atoms with Crippen LogP contribution in [0.15, 0.2) is 18.2 Å². The Balaban J connectivity index is 3.02. The molecule has 0 aromatic heterocycles. The fourth-order valence-electron chi connectivity index (χ4n) is 1.09. The van der Waals surface area contributed by atoms with Crippen molar-refractivity contribution in [1.29, 1.82) is 0 Å². The molecule has 1 N–H and O–H groups in total. The minimum Gasteiger partial charge on any atom is -0.733 e. The molecule has 0 atom stereocenters. The van der Waals surface area contributed by atoms with Crippen LogP contribution in [-0.2, 0) is 0 Å². The molecule has 0 bridgehead atoms. The van der Waals surface area contributed by atoms with Crippen LogP contribution in [0.5, 0.6) is 11.5 Å². The van der Waals surface area contributed by atoms with E-state index in [-0.39, 0.29) is 17.2 Å². The van der Waals surface area contributed by atoms with Gasteiger partial charge < -0.3 is 19.9 Å². The van der Waals surface area contributed by atoms with Gasteiger partial charge in [0.25, 0.3) is 0 Å². The number of alkyl halides is 2. The first kappa shape index (κ1) is 12.5. The van der Waals surface area contributed by atoms with Crippen LogP contribution in [-0.4, -0.2) is 18.4 Å². The molecule has 5 nitrogen and oxygen atoms in total. The number of anilines is 1. The Kier molecular flexibility index (Phi) is 3.51. The van der Waals surface area contributed by atoms with E-state index in [0.29, 0.717) is 6.92 Å². The number of ether oxygens (including phenoxy) is 2. The van der Waals surface area contributed by atoms with Gasteiger partial charge in [-0.1, -0.05) is 0 Å². The molecule has 1 aromatic carbocycles. The van der Waals surface area contributed by atoms with E-state index >= 15 is 0 Å². The highest BCUT2D eigenvalue weighted by atomic mass is 19.3. The molecule has 0 unspecified atom stereocenters. The summed E-state index contributed by atoms with van der Waals surface area (Å²) in [5.74, 6) is -0.206. The van der Waals surface area contributed by atoms with Crippen molar-refractivity contribution in [3.8, 4) is 11.5 Å². The fourth-order valence-corrected chi connectivity index (χ4v) is 1.09. The second-order valence-electron chi connectivity index (χ2n) is 3.02. The molecule has 0 aliphatic rings. The summed E-state index contributed by atoms with van der Waals surface area (Å²) in [6, 6.07) is 3.38. The van der Waals surface area contributed by atoms with E-state index in [9.17, 15) is 14.0 Å². The van der Waals surface area contributed by atoms with Crippen LogP contribution in [0.25, 0.3) is 0 Å². The highest BCUT2D eigenvalue weighted by molar-refractivity contribution is 5.60. The maximum atomic E-state index is 12.5. The third-order valence-electron chi connectivity index (χ3n) is 1.65. The Morgan fingerprint density at radius 2 is 2.06 bits per heavy atom. The van der Waals surface area contributed by atoms with Gasteiger partial charge in [0.05, 0.1) is 12.8 Å². The van der Waals surface area contributed by atoms with Gasteiger partial charge in [-0.3, -0.25) is 5.21 Å². The van der Waals surface area contributed by atoms with Crippen molar-refractivity contribution in [2.75, 3.05) is 12.3 Å². The lowest BCUT2D eigenvalue weighted by Gasteiger charge is -2.24. The van der Waals surface area contributed by atoms with Gasteiger partial charge in [0.15, 0.2) is 0 Å². The molecule has 0 radical (unpaired) electrons. The van der Waals surface area contributed by atoms with E-state index in [1.165, 1.54) is 19.2 Å². The maximum absolute atomic E-state index is 12.5. The molecule has 0 heterocycles. The molecule has 0 saturated carbocycles. The second-order valence-corrected chi connectivity index (χ2v) is 3.02. The average molecular weight is 234 g/mol. The van der Waals surface area contributed by atoms with Crippen LogP contribution >= 0.6 is 0 Å². The number of rotatable bonds is 4. The third kappa shape index (κ3) is 3.21. The van der Waals surface area contributed by atoms with Crippen molar-refractivity contribution in [3.05, 3.63) is 23.4 Å². The molecule has 16 heavy (non-hydrogen) atoms.